The van der Waals surface area contributed by atoms with Crippen molar-refractivity contribution < 1.29 is 4.74 Å². The Morgan fingerprint density at radius 3 is 2.59 bits per heavy atom. The standard InChI is InChI=1S/C13H15N3O/c1-3-10-9-12(16-13(15-10)17-2)14-11-7-5-4-6-8-11/h4-9H,3H2,1-2H3,(H,14,15,16). The molecule has 0 fully saturated rings. The lowest BCUT2D eigenvalue weighted by atomic mass is 10.3. The van der Waals surface area contributed by atoms with Gasteiger partial charge < -0.3 is 10.1 Å². The van der Waals surface area contributed by atoms with Crippen LogP contribution in [0.3, 0.4) is 0 Å². The molecule has 0 aliphatic rings. The fourth-order valence-electron chi connectivity index (χ4n) is 1.48. The van der Waals surface area contributed by atoms with E-state index in [9.17, 15) is 0 Å². The molecule has 2 aromatic rings. The Morgan fingerprint density at radius 1 is 1.18 bits per heavy atom. The maximum atomic E-state index is 5.07. The largest absolute Gasteiger partial charge is 0.467 e. The second kappa shape index (κ2) is 5.30. The smallest absolute Gasteiger partial charge is 0.318 e. The highest BCUT2D eigenvalue weighted by Gasteiger charge is 2.03. The van der Waals surface area contributed by atoms with Crippen molar-refractivity contribution in [2.45, 2.75) is 13.3 Å². The van der Waals surface area contributed by atoms with E-state index in [-0.39, 0.29) is 0 Å². The summed E-state index contributed by atoms with van der Waals surface area (Å²) in [7, 11) is 1.57. The number of anilines is 2. The Bertz CT molecular complexity index is 463. The van der Waals surface area contributed by atoms with Crippen molar-refractivity contribution in [2.75, 3.05) is 12.4 Å². The fourth-order valence-corrected chi connectivity index (χ4v) is 1.48. The van der Waals surface area contributed by atoms with Crippen LogP contribution in [0, 0.1) is 0 Å². The summed E-state index contributed by atoms with van der Waals surface area (Å²) in [5.41, 5.74) is 1.95. The summed E-state index contributed by atoms with van der Waals surface area (Å²) in [5, 5.41) is 3.22. The Kier molecular flexibility index (Phi) is 3.55. The van der Waals surface area contributed by atoms with E-state index in [0.717, 1.165) is 23.6 Å². The first-order chi connectivity index (χ1) is 8.31. The van der Waals surface area contributed by atoms with E-state index in [2.05, 4.69) is 15.3 Å². The van der Waals surface area contributed by atoms with Crippen LogP contribution in [0.2, 0.25) is 0 Å². The third-order valence-corrected chi connectivity index (χ3v) is 2.35. The molecule has 0 spiro atoms. The van der Waals surface area contributed by atoms with Crippen molar-refractivity contribution in [1.29, 1.82) is 0 Å². The first-order valence-corrected chi connectivity index (χ1v) is 5.56. The first kappa shape index (κ1) is 11.4. The van der Waals surface area contributed by atoms with Crippen molar-refractivity contribution in [3.05, 3.63) is 42.1 Å². The molecular formula is C13H15N3O. The van der Waals surface area contributed by atoms with Gasteiger partial charge in [0.05, 0.1) is 7.11 Å². The summed E-state index contributed by atoms with van der Waals surface area (Å²) in [4.78, 5) is 8.49. The fraction of sp³-hybridized carbons (Fsp3) is 0.231. The number of rotatable bonds is 4. The molecule has 0 saturated carbocycles. The second-order valence-electron chi connectivity index (χ2n) is 3.58. The molecule has 1 aromatic carbocycles. The van der Waals surface area contributed by atoms with Crippen molar-refractivity contribution >= 4 is 11.5 Å². The molecule has 0 unspecified atom stereocenters. The van der Waals surface area contributed by atoms with Gasteiger partial charge in [-0.2, -0.15) is 4.98 Å². The van der Waals surface area contributed by atoms with E-state index in [1.54, 1.807) is 7.11 Å². The minimum atomic E-state index is 0.391. The highest BCUT2D eigenvalue weighted by Crippen LogP contribution is 2.17. The molecule has 2 rings (SSSR count). The number of ether oxygens (including phenoxy) is 1. The molecule has 4 heteroatoms. The van der Waals surface area contributed by atoms with Gasteiger partial charge >= 0.3 is 6.01 Å². The number of hydrogen-bond donors (Lipinski definition) is 1. The molecule has 4 nitrogen and oxygen atoms in total. The molecule has 1 heterocycles. The molecule has 0 saturated heterocycles. The minimum Gasteiger partial charge on any atom is -0.467 e. The molecule has 0 aliphatic carbocycles. The van der Waals surface area contributed by atoms with Gasteiger partial charge in [0.25, 0.3) is 0 Å². The third kappa shape index (κ3) is 2.93. The maximum Gasteiger partial charge on any atom is 0.318 e. The van der Waals surface area contributed by atoms with Crippen LogP contribution in [-0.2, 0) is 6.42 Å². The molecule has 0 radical (unpaired) electrons. The normalized spacial score (nSPS) is 10.0. The summed E-state index contributed by atoms with van der Waals surface area (Å²) >= 11 is 0. The van der Waals surface area contributed by atoms with Crippen molar-refractivity contribution in [1.82, 2.24) is 9.97 Å². The zero-order valence-corrected chi connectivity index (χ0v) is 9.97. The number of benzene rings is 1. The highest BCUT2D eigenvalue weighted by molar-refractivity contribution is 5.56. The summed E-state index contributed by atoms with van der Waals surface area (Å²) in [6.07, 6.45) is 0.850. The first-order valence-electron chi connectivity index (χ1n) is 5.56. The van der Waals surface area contributed by atoms with Crippen LogP contribution in [0.1, 0.15) is 12.6 Å². The molecule has 0 amide bonds. The van der Waals surface area contributed by atoms with Crippen molar-refractivity contribution in [3.8, 4) is 6.01 Å². The lowest BCUT2D eigenvalue weighted by molar-refractivity contribution is 0.379. The number of aryl methyl sites for hydroxylation is 1. The van der Waals surface area contributed by atoms with Gasteiger partial charge in [0, 0.05) is 17.4 Å². The van der Waals surface area contributed by atoms with Gasteiger partial charge in [0.2, 0.25) is 0 Å². The van der Waals surface area contributed by atoms with Crippen molar-refractivity contribution in [2.24, 2.45) is 0 Å². The monoisotopic (exact) mass is 229 g/mol. The number of hydrogen-bond acceptors (Lipinski definition) is 4. The van der Waals surface area contributed by atoms with Crippen LogP contribution in [0.15, 0.2) is 36.4 Å². The molecule has 0 atom stereocenters. The number of methoxy groups -OCH3 is 1. The van der Waals surface area contributed by atoms with Gasteiger partial charge in [-0.1, -0.05) is 25.1 Å². The molecular weight excluding hydrogens is 214 g/mol. The minimum absolute atomic E-state index is 0.391. The van der Waals surface area contributed by atoms with Gasteiger partial charge in [-0.15, -0.1) is 0 Å². The molecule has 1 N–H and O–H groups in total. The van der Waals surface area contributed by atoms with E-state index in [4.69, 9.17) is 4.74 Å². The summed E-state index contributed by atoms with van der Waals surface area (Å²) < 4.78 is 5.07. The molecule has 0 aliphatic heterocycles. The number of nitrogens with zero attached hydrogens (tertiary/aromatic N) is 2. The van der Waals surface area contributed by atoms with E-state index in [0.29, 0.717) is 6.01 Å². The Hall–Kier alpha value is -2.10. The Balaban J connectivity index is 2.26. The van der Waals surface area contributed by atoms with E-state index in [1.165, 1.54) is 0 Å². The summed E-state index contributed by atoms with van der Waals surface area (Å²) in [6, 6.07) is 12.2. The third-order valence-electron chi connectivity index (χ3n) is 2.35. The van der Waals surface area contributed by atoms with Crippen molar-refractivity contribution in [3.63, 3.8) is 0 Å². The van der Waals surface area contributed by atoms with E-state index < -0.39 is 0 Å². The topological polar surface area (TPSA) is 47.0 Å². The van der Waals surface area contributed by atoms with Gasteiger partial charge in [0.1, 0.15) is 5.82 Å². The van der Waals surface area contributed by atoms with Crippen LogP contribution >= 0.6 is 0 Å². The number of aromatic nitrogens is 2. The van der Waals surface area contributed by atoms with Gasteiger partial charge in [-0.05, 0) is 18.6 Å². The van der Waals surface area contributed by atoms with Crippen LogP contribution < -0.4 is 10.1 Å². The SMILES string of the molecule is CCc1cc(Nc2ccccc2)nc(OC)n1. The maximum absolute atomic E-state index is 5.07. The molecule has 1 aromatic heterocycles. The predicted molar refractivity (Wildman–Crippen MR) is 67.7 cm³/mol. The zero-order chi connectivity index (χ0) is 12.1. The molecule has 0 bridgehead atoms. The summed E-state index contributed by atoms with van der Waals surface area (Å²) in [5.74, 6) is 0.750. The van der Waals surface area contributed by atoms with Gasteiger partial charge in [-0.25, -0.2) is 4.98 Å². The van der Waals surface area contributed by atoms with Crippen LogP contribution in [-0.4, -0.2) is 17.1 Å². The average Bonchev–Trinajstić information content (AvgIpc) is 2.39. The quantitative estimate of drug-likeness (QED) is 0.875. The van der Waals surface area contributed by atoms with Crippen LogP contribution in [0.5, 0.6) is 6.01 Å². The molecule has 17 heavy (non-hydrogen) atoms. The zero-order valence-electron chi connectivity index (χ0n) is 9.97. The number of nitrogens with one attached hydrogen (secondary N) is 1. The summed E-state index contributed by atoms with van der Waals surface area (Å²) in [6.45, 7) is 2.05. The average molecular weight is 229 g/mol. The lowest BCUT2D eigenvalue weighted by Gasteiger charge is -2.08. The van der Waals surface area contributed by atoms with Crippen LogP contribution in [0.25, 0.3) is 0 Å². The van der Waals surface area contributed by atoms with Gasteiger partial charge in [-0.3, -0.25) is 0 Å². The number of para-hydroxylation sites is 1. The molecule has 88 valence electrons. The highest BCUT2D eigenvalue weighted by atomic mass is 16.5. The van der Waals surface area contributed by atoms with E-state index in [1.807, 2.05) is 43.3 Å². The Labute approximate surface area is 101 Å². The lowest BCUT2D eigenvalue weighted by Crippen LogP contribution is -2.00. The predicted octanol–water partition coefficient (Wildman–Crippen LogP) is 2.79. The van der Waals surface area contributed by atoms with E-state index >= 15 is 0 Å². The Morgan fingerprint density at radius 2 is 1.94 bits per heavy atom. The second-order valence-corrected chi connectivity index (χ2v) is 3.58. The van der Waals surface area contributed by atoms with Crippen LogP contribution in [0.4, 0.5) is 11.5 Å². The van der Waals surface area contributed by atoms with Gasteiger partial charge in [0.15, 0.2) is 0 Å².